The molecule has 0 aliphatic heterocycles. The van der Waals surface area contributed by atoms with E-state index >= 15 is 0 Å². The fourth-order valence-corrected chi connectivity index (χ4v) is 1.95. The van der Waals surface area contributed by atoms with Crippen LogP contribution in [0.4, 0.5) is 8.78 Å². The summed E-state index contributed by atoms with van der Waals surface area (Å²) < 4.78 is 32.1. The third kappa shape index (κ3) is 2.90. The number of ether oxygens (including phenoxy) is 1. The van der Waals surface area contributed by atoms with Crippen molar-refractivity contribution in [1.29, 1.82) is 0 Å². The molecule has 0 aliphatic rings. The molecule has 0 saturated carbocycles. The van der Waals surface area contributed by atoms with Crippen molar-refractivity contribution < 1.29 is 13.5 Å². The largest absolute Gasteiger partial charge is 0.494 e. The van der Waals surface area contributed by atoms with Crippen molar-refractivity contribution in [3.63, 3.8) is 0 Å². The molecule has 0 spiro atoms. The lowest BCUT2D eigenvalue weighted by Gasteiger charge is -2.17. The normalized spacial score (nSPS) is 12.2. The second-order valence-electron chi connectivity index (χ2n) is 4.11. The Balaban J connectivity index is 2.41. The molecule has 0 saturated heterocycles. The van der Waals surface area contributed by atoms with Crippen LogP contribution in [-0.2, 0) is 0 Å². The summed E-state index contributed by atoms with van der Waals surface area (Å²) in [5.74, 6) is -0.661. The van der Waals surface area contributed by atoms with E-state index in [2.05, 4.69) is 0 Å². The first-order valence-corrected chi connectivity index (χ1v) is 6.05. The first-order chi connectivity index (χ1) is 9.13. The fourth-order valence-electron chi connectivity index (χ4n) is 1.95. The van der Waals surface area contributed by atoms with Crippen LogP contribution in [0.1, 0.15) is 24.1 Å². The molecule has 2 aromatic rings. The molecule has 100 valence electrons. The standard InChI is InChI=1S/C15H15F2NO/c1-2-19-14-6-4-3-5-12(14)15(18)11-8-7-10(16)9-13(11)17/h3-9,15H,2,18H2,1H3. The van der Waals surface area contributed by atoms with Gasteiger partial charge in [-0.25, -0.2) is 8.78 Å². The highest BCUT2D eigenvalue weighted by molar-refractivity contribution is 5.41. The first-order valence-electron chi connectivity index (χ1n) is 6.05. The van der Waals surface area contributed by atoms with Crippen molar-refractivity contribution in [3.05, 3.63) is 65.2 Å². The summed E-state index contributed by atoms with van der Waals surface area (Å²) in [6, 6.07) is 9.88. The minimum atomic E-state index is -0.691. The zero-order chi connectivity index (χ0) is 13.8. The Labute approximate surface area is 110 Å². The number of para-hydroxylation sites is 1. The van der Waals surface area contributed by atoms with Crippen LogP contribution in [0.15, 0.2) is 42.5 Å². The van der Waals surface area contributed by atoms with Crippen LogP contribution >= 0.6 is 0 Å². The van der Waals surface area contributed by atoms with Gasteiger partial charge in [0.2, 0.25) is 0 Å². The van der Waals surface area contributed by atoms with Crippen molar-refractivity contribution in [3.8, 4) is 5.75 Å². The molecule has 0 fully saturated rings. The molecule has 0 heterocycles. The van der Waals surface area contributed by atoms with Crippen LogP contribution in [0, 0.1) is 11.6 Å². The molecule has 1 atom stereocenters. The van der Waals surface area contributed by atoms with Crippen LogP contribution in [0.3, 0.4) is 0 Å². The van der Waals surface area contributed by atoms with E-state index in [0.29, 0.717) is 17.9 Å². The molecule has 0 amide bonds. The zero-order valence-corrected chi connectivity index (χ0v) is 10.6. The lowest BCUT2D eigenvalue weighted by molar-refractivity contribution is 0.335. The number of hydrogen-bond acceptors (Lipinski definition) is 2. The molecule has 0 aliphatic carbocycles. The predicted octanol–water partition coefficient (Wildman–Crippen LogP) is 3.41. The maximum absolute atomic E-state index is 13.7. The average Bonchev–Trinajstić information content (AvgIpc) is 2.39. The van der Waals surface area contributed by atoms with Gasteiger partial charge in [-0.3, -0.25) is 0 Å². The topological polar surface area (TPSA) is 35.2 Å². The summed E-state index contributed by atoms with van der Waals surface area (Å²) in [6.45, 7) is 2.36. The number of nitrogens with two attached hydrogens (primary N) is 1. The van der Waals surface area contributed by atoms with E-state index in [1.165, 1.54) is 12.1 Å². The van der Waals surface area contributed by atoms with E-state index in [0.717, 1.165) is 6.07 Å². The maximum atomic E-state index is 13.7. The van der Waals surface area contributed by atoms with Crippen LogP contribution in [-0.4, -0.2) is 6.61 Å². The van der Waals surface area contributed by atoms with E-state index in [-0.39, 0.29) is 5.56 Å². The van der Waals surface area contributed by atoms with Crippen molar-refractivity contribution >= 4 is 0 Å². The van der Waals surface area contributed by atoms with Gasteiger partial charge < -0.3 is 10.5 Å². The third-order valence-corrected chi connectivity index (χ3v) is 2.85. The van der Waals surface area contributed by atoms with Crippen molar-refractivity contribution in [2.45, 2.75) is 13.0 Å². The lowest BCUT2D eigenvalue weighted by atomic mass is 9.98. The summed E-state index contributed by atoms with van der Waals surface area (Å²) in [4.78, 5) is 0. The number of halogens is 2. The van der Waals surface area contributed by atoms with Crippen molar-refractivity contribution in [2.75, 3.05) is 6.61 Å². The Hall–Kier alpha value is -1.94. The molecular formula is C15H15F2NO. The Morgan fingerprint density at radius 1 is 1.11 bits per heavy atom. The molecule has 2 nitrogen and oxygen atoms in total. The molecular weight excluding hydrogens is 248 g/mol. The molecule has 0 aromatic heterocycles. The van der Waals surface area contributed by atoms with Gasteiger partial charge in [0, 0.05) is 17.2 Å². The van der Waals surface area contributed by atoms with Gasteiger partial charge in [-0.2, -0.15) is 0 Å². The molecule has 0 bridgehead atoms. The quantitative estimate of drug-likeness (QED) is 0.917. The van der Waals surface area contributed by atoms with Gasteiger partial charge in [0.05, 0.1) is 12.6 Å². The van der Waals surface area contributed by atoms with Crippen LogP contribution in [0.25, 0.3) is 0 Å². The first kappa shape index (κ1) is 13.5. The Bertz CT molecular complexity index is 572. The van der Waals surface area contributed by atoms with E-state index < -0.39 is 17.7 Å². The Morgan fingerprint density at radius 3 is 2.53 bits per heavy atom. The number of benzene rings is 2. The molecule has 4 heteroatoms. The highest BCUT2D eigenvalue weighted by Gasteiger charge is 2.17. The zero-order valence-electron chi connectivity index (χ0n) is 10.6. The van der Waals surface area contributed by atoms with Gasteiger partial charge in [-0.15, -0.1) is 0 Å². The minimum Gasteiger partial charge on any atom is -0.494 e. The fraction of sp³-hybridized carbons (Fsp3) is 0.200. The van der Waals surface area contributed by atoms with Crippen LogP contribution in [0.2, 0.25) is 0 Å². The Kier molecular flexibility index (Phi) is 4.12. The van der Waals surface area contributed by atoms with Crippen LogP contribution in [0.5, 0.6) is 5.75 Å². The second kappa shape index (κ2) is 5.80. The van der Waals surface area contributed by atoms with E-state index in [9.17, 15) is 8.78 Å². The molecule has 0 radical (unpaired) electrons. The van der Waals surface area contributed by atoms with Crippen molar-refractivity contribution in [2.24, 2.45) is 5.73 Å². The molecule has 2 aromatic carbocycles. The number of rotatable bonds is 4. The average molecular weight is 263 g/mol. The Morgan fingerprint density at radius 2 is 1.84 bits per heavy atom. The molecule has 19 heavy (non-hydrogen) atoms. The van der Waals surface area contributed by atoms with Gasteiger partial charge >= 0.3 is 0 Å². The van der Waals surface area contributed by atoms with Gasteiger partial charge in [0.15, 0.2) is 0 Å². The summed E-state index contributed by atoms with van der Waals surface area (Å²) in [5, 5.41) is 0. The van der Waals surface area contributed by atoms with Gasteiger partial charge in [-0.1, -0.05) is 24.3 Å². The highest BCUT2D eigenvalue weighted by atomic mass is 19.1. The molecule has 1 unspecified atom stereocenters. The molecule has 2 N–H and O–H groups in total. The van der Waals surface area contributed by atoms with Gasteiger partial charge in [0.25, 0.3) is 0 Å². The third-order valence-electron chi connectivity index (χ3n) is 2.85. The number of hydrogen-bond donors (Lipinski definition) is 1. The van der Waals surface area contributed by atoms with Gasteiger partial charge in [0.1, 0.15) is 17.4 Å². The summed E-state index contributed by atoms with van der Waals surface area (Å²) in [5.41, 5.74) is 6.98. The summed E-state index contributed by atoms with van der Waals surface area (Å²) in [7, 11) is 0. The molecule has 2 rings (SSSR count). The highest BCUT2D eigenvalue weighted by Crippen LogP contribution is 2.29. The van der Waals surface area contributed by atoms with E-state index in [1.807, 2.05) is 13.0 Å². The second-order valence-corrected chi connectivity index (χ2v) is 4.11. The van der Waals surface area contributed by atoms with E-state index in [4.69, 9.17) is 10.5 Å². The van der Waals surface area contributed by atoms with E-state index in [1.54, 1.807) is 18.2 Å². The maximum Gasteiger partial charge on any atom is 0.131 e. The van der Waals surface area contributed by atoms with Crippen molar-refractivity contribution in [1.82, 2.24) is 0 Å². The van der Waals surface area contributed by atoms with Crippen LogP contribution < -0.4 is 10.5 Å². The minimum absolute atomic E-state index is 0.244. The SMILES string of the molecule is CCOc1ccccc1C(N)c1ccc(F)cc1F. The monoisotopic (exact) mass is 263 g/mol. The van der Waals surface area contributed by atoms with Gasteiger partial charge in [-0.05, 0) is 19.1 Å². The smallest absolute Gasteiger partial charge is 0.131 e. The lowest BCUT2D eigenvalue weighted by Crippen LogP contribution is -2.15. The predicted molar refractivity (Wildman–Crippen MR) is 70.0 cm³/mol. The summed E-state index contributed by atoms with van der Waals surface area (Å²) in [6.07, 6.45) is 0. The summed E-state index contributed by atoms with van der Waals surface area (Å²) >= 11 is 0.